The van der Waals surface area contributed by atoms with E-state index in [-0.39, 0.29) is 29.9 Å². The molecule has 2 aliphatic heterocycles. The van der Waals surface area contributed by atoms with E-state index in [4.69, 9.17) is 9.47 Å². The Balaban J connectivity index is 1.36. The van der Waals surface area contributed by atoms with E-state index in [1.54, 1.807) is 0 Å². The number of carbonyl (C=O) groups is 2. The molecule has 2 atom stereocenters. The molecule has 0 saturated carbocycles. The lowest BCUT2D eigenvalue weighted by Crippen LogP contribution is -2.56. The van der Waals surface area contributed by atoms with Crippen molar-refractivity contribution in [1.82, 2.24) is 4.90 Å². The topological polar surface area (TPSA) is 55.8 Å². The highest BCUT2D eigenvalue weighted by Crippen LogP contribution is 2.38. The first-order valence-electron chi connectivity index (χ1n) is 12.1. The highest BCUT2D eigenvalue weighted by atomic mass is 16.6. The number of fused-ring (bicyclic) bond motifs is 2. The number of carbonyl (C=O) groups excluding carboxylic acids is 2. The lowest BCUT2D eigenvalue weighted by molar-refractivity contribution is -0.126. The number of hydrogen-bond donors (Lipinski definition) is 0. The molecule has 2 bridgehead atoms. The van der Waals surface area contributed by atoms with Crippen LogP contribution in [0.1, 0.15) is 64.0 Å². The SMILES string of the molecule is CC(C)(C)OC(=O)N1C2CCCC1CC(C(=O)Cc1cccc(OCc3ccccc3)c1)C2. The van der Waals surface area contributed by atoms with Crippen LogP contribution < -0.4 is 4.74 Å². The molecule has 0 aliphatic carbocycles. The molecular formula is C28H35NO4. The predicted octanol–water partition coefficient (Wildman–Crippen LogP) is 5.95. The smallest absolute Gasteiger partial charge is 0.410 e. The third-order valence-corrected chi connectivity index (χ3v) is 6.56. The predicted molar refractivity (Wildman–Crippen MR) is 128 cm³/mol. The zero-order chi connectivity index (χ0) is 23.4. The van der Waals surface area contributed by atoms with Crippen molar-refractivity contribution in [3.8, 4) is 5.75 Å². The van der Waals surface area contributed by atoms with Crippen molar-refractivity contribution in [3.63, 3.8) is 0 Å². The highest BCUT2D eigenvalue weighted by Gasteiger charge is 2.44. The molecule has 176 valence electrons. The molecule has 2 saturated heterocycles. The maximum absolute atomic E-state index is 13.2. The van der Waals surface area contributed by atoms with Gasteiger partial charge in [-0.1, -0.05) is 42.5 Å². The lowest BCUT2D eigenvalue weighted by Gasteiger charge is -2.48. The Kier molecular flexibility index (Phi) is 7.06. The molecule has 2 fully saturated rings. The Morgan fingerprint density at radius 2 is 1.61 bits per heavy atom. The van der Waals surface area contributed by atoms with E-state index in [0.717, 1.165) is 49.0 Å². The second-order valence-corrected chi connectivity index (χ2v) is 10.4. The minimum atomic E-state index is -0.508. The van der Waals surface area contributed by atoms with Crippen LogP contribution in [0.3, 0.4) is 0 Å². The van der Waals surface area contributed by atoms with Crippen molar-refractivity contribution in [3.05, 3.63) is 65.7 Å². The molecule has 5 heteroatoms. The Hall–Kier alpha value is -2.82. The second kappa shape index (κ2) is 9.98. The van der Waals surface area contributed by atoms with E-state index in [0.29, 0.717) is 13.0 Å². The van der Waals surface area contributed by atoms with Gasteiger partial charge >= 0.3 is 6.09 Å². The summed E-state index contributed by atoms with van der Waals surface area (Å²) in [4.78, 5) is 27.9. The minimum absolute atomic E-state index is 0.00659. The van der Waals surface area contributed by atoms with Gasteiger partial charge in [0, 0.05) is 24.4 Å². The Bertz CT molecular complexity index is 951. The lowest BCUT2D eigenvalue weighted by atomic mass is 9.76. The van der Waals surface area contributed by atoms with Gasteiger partial charge in [-0.05, 0) is 76.1 Å². The molecule has 1 amide bonds. The first kappa shape index (κ1) is 23.3. The molecule has 2 heterocycles. The first-order chi connectivity index (χ1) is 15.8. The number of benzene rings is 2. The number of nitrogens with zero attached hydrogens (tertiary/aromatic N) is 1. The molecule has 5 nitrogen and oxygen atoms in total. The average molecular weight is 450 g/mol. The van der Waals surface area contributed by atoms with Gasteiger partial charge in [0.2, 0.25) is 0 Å². The molecule has 0 radical (unpaired) electrons. The number of piperidine rings is 2. The van der Waals surface area contributed by atoms with Gasteiger partial charge in [-0.25, -0.2) is 4.79 Å². The van der Waals surface area contributed by atoms with Gasteiger partial charge in [-0.15, -0.1) is 0 Å². The molecule has 2 unspecified atom stereocenters. The van der Waals surface area contributed by atoms with E-state index in [1.165, 1.54) is 0 Å². The summed E-state index contributed by atoms with van der Waals surface area (Å²) in [6.07, 6.45) is 4.64. The van der Waals surface area contributed by atoms with Crippen molar-refractivity contribution >= 4 is 11.9 Å². The number of ether oxygens (including phenoxy) is 2. The van der Waals surface area contributed by atoms with Gasteiger partial charge in [0.1, 0.15) is 23.7 Å². The Morgan fingerprint density at radius 3 is 2.27 bits per heavy atom. The van der Waals surface area contributed by atoms with Crippen molar-refractivity contribution < 1.29 is 19.1 Å². The van der Waals surface area contributed by atoms with E-state index < -0.39 is 5.60 Å². The molecule has 2 aliphatic rings. The molecule has 4 rings (SSSR count). The van der Waals surface area contributed by atoms with Gasteiger partial charge in [0.25, 0.3) is 0 Å². The number of Topliss-reactive ketones (excluding diaryl/α,β-unsaturated/α-hetero) is 1. The van der Waals surface area contributed by atoms with E-state index >= 15 is 0 Å². The van der Waals surface area contributed by atoms with Crippen LogP contribution in [-0.2, 0) is 22.6 Å². The van der Waals surface area contributed by atoms with Crippen LogP contribution in [0.4, 0.5) is 4.79 Å². The summed E-state index contributed by atoms with van der Waals surface area (Å²) in [5.41, 5.74) is 1.58. The summed E-state index contributed by atoms with van der Waals surface area (Å²) in [5.74, 6) is 1.03. The summed E-state index contributed by atoms with van der Waals surface area (Å²) in [6.45, 7) is 6.20. The summed E-state index contributed by atoms with van der Waals surface area (Å²) < 4.78 is 11.6. The maximum Gasteiger partial charge on any atom is 0.410 e. The number of hydrogen-bond acceptors (Lipinski definition) is 4. The third-order valence-electron chi connectivity index (χ3n) is 6.56. The summed E-state index contributed by atoms with van der Waals surface area (Å²) in [5, 5.41) is 0. The van der Waals surface area contributed by atoms with Crippen LogP contribution in [0, 0.1) is 5.92 Å². The summed E-state index contributed by atoms with van der Waals surface area (Å²) >= 11 is 0. The molecular weight excluding hydrogens is 414 g/mol. The zero-order valence-electron chi connectivity index (χ0n) is 20.0. The van der Waals surface area contributed by atoms with Crippen LogP contribution in [0.25, 0.3) is 0 Å². The normalized spacial score (nSPS) is 22.5. The largest absolute Gasteiger partial charge is 0.489 e. The molecule has 0 spiro atoms. The van der Waals surface area contributed by atoms with Gasteiger partial charge < -0.3 is 14.4 Å². The van der Waals surface area contributed by atoms with E-state index in [2.05, 4.69) is 0 Å². The third kappa shape index (κ3) is 6.16. The van der Waals surface area contributed by atoms with Gasteiger partial charge in [-0.3, -0.25) is 4.79 Å². The van der Waals surface area contributed by atoms with E-state index in [9.17, 15) is 9.59 Å². The minimum Gasteiger partial charge on any atom is -0.489 e. The Labute approximate surface area is 197 Å². The van der Waals surface area contributed by atoms with Gasteiger partial charge in [0.15, 0.2) is 0 Å². The molecule has 0 N–H and O–H groups in total. The zero-order valence-corrected chi connectivity index (χ0v) is 20.0. The fraction of sp³-hybridized carbons (Fsp3) is 0.500. The van der Waals surface area contributed by atoms with Crippen molar-refractivity contribution in [1.29, 1.82) is 0 Å². The second-order valence-electron chi connectivity index (χ2n) is 10.4. The number of amides is 1. The van der Waals surface area contributed by atoms with Crippen molar-refractivity contribution in [2.24, 2.45) is 5.92 Å². The first-order valence-corrected chi connectivity index (χ1v) is 12.1. The molecule has 2 aromatic rings. The Morgan fingerprint density at radius 1 is 0.939 bits per heavy atom. The van der Waals surface area contributed by atoms with Gasteiger partial charge in [-0.2, -0.15) is 0 Å². The standard InChI is InChI=1S/C28H35NO4/c1-28(2,3)33-27(31)29-23-12-8-13-24(29)18-22(17-23)26(30)16-21-11-7-14-25(15-21)32-19-20-9-5-4-6-10-20/h4-7,9-11,14-15,22-24H,8,12-13,16-19H2,1-3H3. The van der Waals surface area contributed by atoms with Crippen LogP contribution in [0.5, 0.6) is 5.75 Å². The maximum atomic E-state index is 13.2. The number of rotatable bonds is 6. The average Bonchev–Trinajstić information content (AvgIpc) is 2.76. The fourth-order valence-electron chi connectivity index (χ4n) is 5.09. The summed E-state index contributed by atoms with van der Waals surface area (Å²) in [7, 11) is 0. The molecule has 0 aromatic heterocycles. The molecule has 2 aromatic carbocycles. The molecule has 33 heavy (non-hydrogen) atoms. The van der Waals surface area contributed by atoms with Crippen molar-refractivity contribution in [2.75, 3.05) is 0 Å². The number of ketones is 1. The van der Waals surface area contributed by atoms with Crippen LogP contribution in [0.2, 0.25) is 0 Å². The van der Waals surface area contributed by atoms with E-state index in [1.807, 2.05) is 80.3 Å². The van der Waals surface area contributed by atoms with Crippen LogP contribution in [0.15, 0.2) is 54.6 Å². The monoisotopic (exact) mass is 449 g/mol. The van der Waals surface area contributed by atoms with Gasteiger partial charge in [0.05, 0.1) is 0 Å². The summed E-state index contributed by atoms with van der Waals surface area (Å²) in [6, 6.07) is 18.1. The van der Waals surface area contributed by atoms with Crippen molar-refractivity contribution in [2.45, 2.75) is 83.6 Å². The fourth-order valence-corrected chi connectivity index (χ4v) is 5.09. The van der Waals surface area contributed by atoms with Crippen LogP contribution in [-0.4, -0.2) is 34.5 Å². The van der Waals surface area contributed by atoms with Crippen LogP contribution >= 0.6 is 0 Å². The quantitative estimate of drug-likeness (QED) is 0.547. The highest BCUT2D eigenvalue weighted by molar-refractivity contribution is 5.84.